The first-order chi connectivity index (χ1) is 8.08. The lowest BCUT2D eigenvalue weighted by atomic mass is 9.88. The van der Waals surface area contributed by atoms with Crippen LogP contribution in [0.1, 0.15) is 39.5 Å². The van der Waals surface area contributed by atoms with Crippen LogP contribution in [-0.2, 0) is 9.53 Å². The number of hydrogen-bond donors (Lipinski definition) is 0. The Morgan fingerprint density at radius 2 is 2.06 bits per heavy atom. The quantitative estimate of drug-likeness (QED) is 0.363. The molecule has 92 valence electrons. The number of allylic oxidation sites excluding steroid dienone is 3. The van der Waals surface area contributed by atoms with Gasteiger partial charge in [0.25, 0.3) is 0 Å². The maximum Gasteiger partial charge on any atom is 0.334 e. The van der Waals surface area contributed by atoms with Gasteiger partial charge in [-0.1, -0.05) is 23.8 Å². The van der Waals surface area contributed by atoms with Crippen molar-refractivity contribution in [1.29, 1.82) is 0 Å². The van der Waals surface area contributed by atoms with Crippen molar-refractivity contribution >= 4 is 5.97 Å². The van der Waals surface area contributed by atoms with Crippen LogP contribution in [-0.4, -0.2) is 12.1 Å². The van der Waals surface area contributed by atoms with Crippen molar-refractivity contribution in [2.75, 3.05) is 0 Å². The summed E-state index contributed by atoms with van der Waals surface area (Å²) in [7, 11) is 0. The van der Waals surface area contributed by atoms with E-state index in [2.05, 4.69) is 32.6 Å². The second-order valence-electron chi connectivity index (χ2n) is 5.14. The zero-order valence-electron chi connectivity index (χ0n) is 10.7. The third-order valence-corrected chi connectivity index (χ3v) is 3.68. The fraction of sp³-hybridized carbons (Fsp3) is 0.533. The maximum atomic E-state index is 11.6. The zero-order valence-corrected chi connectivity index (χ0v) is 10.7. The van der Waals surface area contributed by atoms with Crippen LogP contribution in [0.2, 0.25) is 0 Å². The summed E-state index contributed by atoms with van der Waals surface area (Å²) in [6.45, 7) is 8.14. The van der Waals surface area contributed by atoms with E-state index in [1.54, 1.807) is 0 Å². The van der Waals surface area contributed by atoms with Crippen LogP contribution in [0.5, 0.6) is 0 Å². The van der Waals surface area contributed by atoms with E-state index in [-0.39, 0.29) is 18.0 Å². The van der Waals surface area contributed by atoms with Gasteiger partial charge < -0.3 is 4.74 Å². The van der Waals surface area contributed by atoms with Gasteiger partial charge in [0.05, 0.1) is 0 Å². The summed E-state index contributed by atoms with van der Waals surface area (Å²) in [5.41, 5.74) is 3.35. The van der Waals surface area contributed by atoms with Crippen molar-refractivity contribution in [2.24, 2.45) is 5.92 Å². The Bertz CT molecular complexity index is 401. The lowest BCUT2D eigenvalue weighted by Crippen LogP contribution is -2.15. The molecule has 0 aromatic carbocycles. The van der Waals surface area contributed by atoms with Crippen molar-refractivity contribution in [2.45, 2.75) is 45.6 Å². The van der Waals surface area contributed by atoms with E-state index < -0.39 is 0 Å². The molecule has 0 amide bonds. The van der Waals surface area contributed by atoms with Gasteiger partial charge in [-0.2, -0.15) is 0 Å². The van der Waals surface area contributed by atoms with E-state index in [4.69, 9.17) is 4.74 Å². The number of rotatable bonds is 0. The lowest BCUT2D eigenvalue weighted by molar-refractivity contribution is -0.137. The highest BCUT2D eigenvalue weighted by atomic mass is 16.5. The molecule has 1 aliphatic heterocycles. The third kappa shape index (κ3) is 2.68. The minimum Gasteiger partial charge on any atom is -0.454 e. The molecule has 0 N–H and O–H groups in total. The second kappa shape index (κ2) is 4.91. The molecule has 1 heterocycles. The second-order valence-corrected chi connectivity index (χ2v) is 5.14. The van der Waals surface area contributed by atoms with Crippen molar-refractivity contribution in [3.63, 3.8) is 0 Å². The molecule has 0 aromatic rings. The number of fused-ring (bicyclic) bond motifs is 1. The van der Waals surface area contributed by atoms with E-state index in [0.29, 0.717) is 5.57 Å². The summed E-state index contributed by atoms with van der Waals surface area (Å²) in [4.78, 5) is 11.6. The summed E-state index contributed by atoms with van der Waals surface area (Å²) in [5.74, 6) is -0.0520. The van der Waals surface area contributed by atoms with Gasteiger partial charge in [0.15, 0.2) is 0 Å². The zero-order chi connectivity index (χ0) is 12.4. The van der Waals surface area contributed by atoms with Gasteiger partial charge in [-0.3, -0.25) is 0 Å². The van der Waals surface area contributed by atoms with Gasteiger partial charge in [-0.15, -0.1) is 0 Å². The molecule has 2 nitrogen and oxygen atoms in total. The molecule has 0 spiro atoms. The van der Waals surface area contributed by atoms with Gasteiger partial charge >= 0.3 is 5.97 Å². The van der Waals surface area contributed by atoms with Gasteiger partial charge in [0.1, 0.15) is 6.10 Å². The predicted molar refractivity (Wildman–Crippen MR) is 68.5 cm³/mol. The Morgan fingerprint density at radius 1 is 1.29 bits per heavy atom. The predicted octanol–water partition coefficient (Wildman–Crippen LogP) is 3.55. The maximum absolute atomic E-state index is 11.6. The van der Waals surface area contributed by atoms with Gasteiger partial charge in [-0.05, 0) is 45.6 Å². The molecule has 2 rings (SSSR count). The van der Waals surface area contributed by atoms with Crippen LogP contribution in [0.15, 0.2) is 35.5 Å². The van der Waals surface area contributed by atoms with Crippen LogP contribution >= 0.6 is 0 Å². The number of carbonyl (C=O) groups excluding carboxylic acids is 1. The highest BCUT2D eigenvalue weighted by molar-refractivity contribution is 5.91. The normalized spacial score (nSPS) is 36.4. The highest BCUT2D eigenvalue weighted by Gasteiger charge is 2.36. The van der Waals surface area contributed by atoms with E-state index in [9.17, 15) is 4.79 Å². The molecule has 2 aliphatic rings. The molecule has 1 saturated heterocycles. The number of ether oxygens (including phenoxy) is 1. The SMILES string of the molecule is C=C1C(=O)O[C@@H]2/C=C(\C)CC/C=C(/C)CC[C@H]12. The Morgan fingerprint density at radius 3 is 2.82 bits per heavy atom. The van der Waals surface area contributed by atoms with Gasteiger partial charge in [-0.25, -0.2) is 4.79 Å². The Kier molecular flexibility index (Phi) is 3.51. The Labute approximate surface area is 103 Å². The van der Waals surface area contributed by atoms with Crippen LogP contribution < -0.4 is 0 Å². The van der Waals surface area contributed by atoms with E-state index in [1.807, 2.05) is 0 Å². The smallest absolute Gasteiger partial charge is 0.334 e. The van der Waals surface area contributed by atoms with Crippen molar-refractivity contribution in [1.82, 2.24) is 0 Å². The fourth-order valence-electron chi connectivity index (χ4n) is 2.51. The van der Waals surface area contributed by atoms with Crippen LogP contribution in [0.4, 0.5) is 0 Å². The molecule has 0 aromatic heterocycles. The molecule has 0 radical (unpaired) electrons. The molecule has 2 heteroatoms. The van der Waals surface area contributed by atoms with Crippen molar-refractivity contribution in [3.05, 3.63) is 35.5 Å². The number of carbonyl (C=O) groups is 1. The molecule has 0 saturated carbocycles. The lowest BCUT2D eigenvalue weighted by Gasteiger charge is -2.17. The average molecular weight is 232 g/mol. The molecule has 1 aliphatic carbocycles. The van der Waals surface area contributed by atoms with Crippen molar-refractivity contribution < 1.29 is 9.53 Å². The highest BCUT2D eigenvalue weighted by Crippen LogP contribution is 2.33. The summed E-state index contributed by atoms with van der Waals surface area (Å²) < 4.78 is 5.38. The van der Waals surface area contributed by atoms with E-state index >= 15 is 0 Å². The summed E-state index contributed by atoms with van der Waals surface area (Å²) in [6.07, 6.45) is 8.45. The minimum atomic E-state index is -0.218. The first-order valence-corrected chi connectivity index (χ1v) is 6.30. The van der Waals surface area contributed by atoms with E-state index in [1.165, 1.54) is 11.1 Å². The number of hydrogen-bond acceptors (Lipinski definition) is 2. The standard InChI is InChI=1S/C15H20O2/c1-10-5-4-6-11(2)9-14-13(8-7-10)12(3)15(16)17-14/h5,9,13-14H,3-4,6-8H2,1-2H3/b10-5-,11-9+/t13-,14-/m1/s1. The molecule has 1 fully saturated rings. The van der Waals surface area contributed by atoms with Gasteiger partial charge in [0, 0.05) is 11.5 Å². The topological polar surface area (TPSA) is 26.3 Å². The molecule has 0 unspecified atom stereocenters. The van der Waals surface area contributed by atoms with Crippen LogP contribution in [0.25, 0.3) is 0 Å². The van der Waals surface area contributed by atoms with Gasteiger partial charge in [0.2, 0.25) is 0 Å². The minimum absolute atomic E-state index is 0.0825. The van der Waals surface area contributed by atoms with Crippen molar-refractivity contribution in [3.8, 4) is 0 Å². The first-order valence-electron chi connectivity index (χ1n) is 6.30. The summed E-state index contributed by atoms with van der Waals surface area (Å²) >= 11 is 0. The van der Waals surface area contributed by atoms with Crippen LogP contribution in [0, 0.1) is 5.92 Å². The largest absolute Gasteiger partial charge is 0.454 e. The Balaban J connectivity index is 2.24. The molecule has 17 heavy (non-hydrogen) atoms. The molecular formula is C15H20O2. The van der Waals surface area contributed by atoms with E-state index in [0.717, 1.165) is 25.7 Å². The number of esters is 1. The van der Waals surface area contributed by atoms with Crippen LogP contribution in [0.3, 0.4) is 0 Å². The molecular weight excluding hydrogens is 212 g/mol. The monoisotopic (exact) mass is 232 g/mol. The fourth-order valence-corrected chi connectivity index (χ4v) is 2.51. The first kappa shape index (κ1) is 12.2. The molecule has 0 bridgehead atoms. The average Bonchev–Trinajstić information content (AvgIpc) is 2.52. The third-order valence-electron chi connectivity index (χ3n) is 3.68. The summed E-state index contributed by atoms with van der Waals surface area (Å²) in [5, 5.41) is 0. The summed E-state index contributed by atoms with van der Waals surface area (Å²) in [6, 6.07) is 0. The molecule has 2 atom stereocenters. The Hall–Kier alpha value is -1.31.